The van der Waals surface area contributed by atoms with E-state index in [1.807, 2.05) is 59.5 Å². The number of nitrogens with zero attached hydrogens (tertiary/aromatic N) is 1. The Labute approximate surface area is 159 Å². The second-order valence-electron chi connectivity index (χ2n) is 6.88. The lowest BCUT2D eigenvalue weighted by Gasteiger charge is -2.35. The van der Waals surface area contributed by atoms with Crippen molar-refractivity contribution in [2.75, 3.05) is 6.54 Å². The second kappa shape index (κ2) is 9.21. The molecule has 27 heavy (non-hydrogen) atoms. The van der Waals surface area contributed by atoms with Gasteiger partial charge in [-0.15, -0.1) is 0 Å². The molecule has 1 saturated heterocycles. The van der Waals surface area contributed by atoms with Crippen molar-refractivity contribution < 1.29 is 19.4 Å². The molecule has 0 spiro atoms. The second-order valence-corrected chi connectivity index (χ2v) is 6.88. The molecule has 0 aliphatic carbocycles. The van der Waals surface area contributed by atoms with Gasteiger partial charge in [0.25, 0.3) is 5.91 Å². The zero-order valence-corrected chi connectivity index (χ0v) is 15.3. The van der Waals surface area contributed by atoms with E-state index in [2.05, 4.69) is 0 Å². The number of ether oxygens (including phenoxy) is 1. The number of para-hydroxylation sites is 1. The van der Waals surface area contributed by atoms with Gasteiger partial charge >= 0.3 is 5.97 Å². The number of benzene rings is 2. The Bertz CT molecular complexity index is 758. The number of carbonyl (C=O) groups excluding carboxylic acids is 1. The van der Waals surface area contributed by atoms with Crippen LogP contribution in [0, 0.1) is 0 Å². The normalized spacial score (nSPS) is 16.7. The molecule has 0 bridgehead atoms. The van der Waals surface area contributed by atoms with Gasteiger partial charge in [0.05, 0.1) is 0 Å². The van der Waals surface area contributed by atoms with E-state index >= 15 is 0 Å². The van der Waals surface area contributed by atoms with E-state index in [1.54, 1.807) is 0 Å². The molecule has 0 aromatic heterocycles. The smallest absolute Gasteiger partial charge is 0.303 e. The summed E-state index contributed by atoms with van der Waals surface area (Å²) in [6, 6.07) is 17.1. The van der Waals surface area contributed by atoms with Crippen LogP contribution in [0.15, 0.2) is 54.6 Å². The number of carbonyl (C=O) groups is 2. The van der Waals surface area contributed by atoms with Crippen LogP contribution in [0.5, 0.6) is 5.75 Å². The molecular weight excluding hydrogens is 342 g/mol. The van der Waals surface area contributed by atoms with Crippen LogP contribution >= 0.6 is 0 Å². The maximum atomic E-state index is 12.9. The molecule has 1 unspecified atom stereocenters. The van der Waals surface area contributed by atoms with Gasteiger partial charge in [-0.2, -0.15) is 0 Å². The molecule has 1 aliphatic heterocycles. The maximum absolute atomic E-state index is 12.9. The molecule has 1 atom stereocenters. The van der Waals surface area contributed by atoms with E-state index in [1.165, 1.54) is 0 Å². The highest BCUT2D eigenvalue weighted by Crippen LogP contribution is 2.23. The van der Waals surface area contributed by atoms with Crippen molar-refractivity contribution in [2.45, 2.75) is 44.8 Å². The molecule has 0 radical (unpaired) electrons. The molecule has 1 heterocycles. The number of carboxylic acid groups (broad SMARTS) is 1. The van der Waals surface area contributed by atoms with Crippen LogP contribution in [0.2, 0.25) is 0 Å². The van der Waals surface area contributed by atoms with E-state index in [0.29, 0.717) is 25.1 Å². The quantitative estimate of drug-likeness (QED) is 0.799. The first kappa shape index (κ1) is 19.0. The Morgan fingerprint density at radius 1 is 1.04 bits per heavy atom. The van der Waals surface area contributed by atoms with Crippen molar-refractivity contribution >= 4 is 11.9 Å². The summed E-state index contributed by atoms with van der Waals surface area (Å²) in [5.74, 6) is -0.0106. The highest BCUT2D eigenvalue weighted by Gasteiger charge is 2.27. The Balaban J connectivity index is 1.61. The molecule has 1 fully saturated rings. The van der Waals surface area contributed by atoms with Gasteiger partial charge in [0.2, 0.25) is 0 Å². The number of piperidine rings is 1. The van der Waals surface area contributed by atoms with Crippen LogP contribution in [0.3, 0.4) is 0 Å². The molecule has 1 amide bonds. The van der Waals surface area contributed by atoms with Gasteiger partial charge in [-0.05, 0) is 55.5 Å². The first-order chi connectivity index (χ1) is 13.1. The number of hydrogen-bond acceptors (Lipinski definition) is 3. The van der Waals surface area contributed by atoms with E-state index in [0.717, 1.165) is 30.6 Å². The fourth-order valence-corrected chi connectivity index (χ4v) is 3.45. The van der Waals surface area contributed by atoms with Crippen molar-refractivity contribution in [3.8, 4) is 5.75 Å². The van der Waals surface area contributed by atoms with Gasteiger partial charge in [0.15, 0.2) is 0 Å². The molecule has 2 aromatic carbocycles. The largest absolute Gasteiger partial charge is 0.489 e. The third kappa shape index (κ3) is 5.33. The molecule has 5 heteroatoms. The number of amides is 1. The average Bonchev–Trinajstić information content (AvgIpc) is 2.71. The predicted octanol–water partition coefficient (Wildman–Crippen LogP) is 4.13. The maximum Gasteiger partial charge on any atom is 0.303 e. The Kier molecular flexibility index (Phi) is 6.47. The van der Waals surface area contributed by atoms with Crippen LogP contribution in [0.4, 0.5) is 0 Å². The SMILES string of the molecule is O=C(O)CCC1CCCCN1C(=O)c1ccc(COc2ccccc2)cc1. The summed E-state index contributed by atoms with van der Waals surface area (Å²) in [7, 11) is 0. The third-order valence-electron chi connectivity index (χ3n) is 4.93. The summed E-state index contributed by atoms with van der Waals surface area (Å²) < 4.78 is 5.73. The van der Waals surface area contributed by atoms with Crippen molar-refractivity contribution in [3.05, 3.63) is 65.7 Å². The summed E-state index contributed by atoms with van der Waals surface area (Å²) in [5, 5.41) is 8.93. The molecule has 1 N–H and O–H groups in total. The highest BCUT2D eigenvalue weighted by atomic mass is 16.5. The minimum absolute atomic E-state index is 0.0133. The number of aliphatic carboxylic acids is 1. The topological polar surface area (TPSA) is 66.8 Å². The molecule has 5 nitrogen and oxygen atoms in total. The standard InChI is InChI=1S/C22H25NO4/c24-21(25)14-13-19-6-4-5-15-23(19)22(26)18-11-9-17(10-12-18)16-27-20-7-2-1-3-8-20/h1-3,7-12,19H,4-6,13-16H2,(H,24,25). The molecule has 3 rings (SSSR count). The van der Waals surface area contributed by atoms with Crippen LogP contribution in [-0.2, 0) is 11.4 Å². The van der Waals surface area contributed by atoms with Gasteiger partial charge < -0.3 is 14.7 Å². The van der Waals surface area contributed by atoms with Gasteiger partial charge in [0.1, 0.15) is 12.4 Å². The Morgan fingerprint density at radius 2 is 1.78 bits per heavy atom. The molecular formula is C22H25NO4. The monoisotopic (exact) mass is 367 g/mol. The van der Waals surface area contributed by atoms with Crippen LogP contribution in [-0.4, -0.2) is 34.5 Å². The van der Waals surface area contributed by atoms with Crippen molar-refractivity contribution in [3.63, 3.8) is 0 Å². The van der Waals surface area contributed by atoms with Gasteiger partial charge in [0, 0.05) is 24.6 Å². The van der Waals surface area contributed by atoms with Crippen LogP contribution in [0.25, 0.3) is 0 Å². The van der Waals surface area contributed by atoms with E-state index in [9.17, 15) is 9.59 Å². The minimum atomic E-state index is -0.809. The zero-order valence-electron chi connectivity index (χ0n) is 15.3. The summed E-state index contributed by atoms with van der Waals surface area (Å²) in [6.07, 6.45) is 3.51. The lowest BCUT2D eigenvalue weighted by atomic mass is 9.96. The number of likely N-dealkylation sites (tertiary alicyclic amines) is 1. The fraction of sp³-hybridized carbons (Fsp3) is 0.364. The van der Waals surface area contributed by atoms with E-state index in [4.69, 9.17) is 9.84 Å². The van der Waals surface area contributed by atoms with Crippen LogP contribution < -0.4 is 4.74 Å². The van der Waals surface area contributed by atoms with Gasteiger partial charge in [-0.1, -0.05) is 30.3 Å². The highest BCUT2D eigenvalue weighted by molar-refractivity contribution is 5.94. The number of rotatable bonds is 7. The minimum Gasteiger partial charge on any atom is -0.489 e. The Hall–Kier alpha value is -2.82. The summed E-state index contributed by atoms with van der Waals surface area (Å²) in [4.78, 5) is 25.6. The Morgan fingerprint density at radius 3 is 2.48 bits per heavy atom. The van der Waals surface area contributed by atoms with E-state index in [-0.39, 0.29) is 18.4 Å². The first-order valence-corrected chi connectivity index (χ1v) is 9.43. The number of carboxylic acids is 1. The molecule has 1 aliphatic rings. The average molecular weight is 367 g/mol. The van der Waals surface area contributed by atoms with Crippen LogP contribution in [0.1, 0.15) is 48.0 Å². The fourth-order valence-electron chi connectivity index (χ4n) is 3.45. The van der Waals surface area contributed by atoms with Gasteiger partial charge in [-0.3, -0.25) is 9.59 Å². The summed E-state index contributed by atoms with van der Waals surface area (Å²) in [6.45, 7) is 1.14. The lowest BCUT2D eigenvalue weighted by molar-refractivity contribution is -0.137. The summed E-state index contributed by atoms with van der Waals surface area (Å²) in [5.41, 5.74) is 1.64. The van der Waals surface area contributed by atoms with Gasteiger partial charge in [-0.25, -0.2) is 0 Å². The third-order valence-corrected chi connectivity index (χ3v) is 4.93. The van der Waals surface area contributed by atoms with E-state index < -0.39 is 5.97 Å². The summed E-state index contributed by atoms with van der Waals surface area (Å²) >= 11 is 0. The molecule has 142 valence electrons. The molecule has 2 aromatic rings. The first-order valence-electron chi connectivity index (χ1n) is 9.43. The molecule has 0 saturated carbocycles. The van der Waals surface area contributed by atoms with Crippen molar-refractivity contribution in [1.29, 1.82) is 0 Å². The zero-order chi connectivity index (χ0) is 19.1. The number of hydrogen-bond donors (Lipinski definition) is 1. The van der Waals surface area contributed by atoms with Crippen molar-refractivity contribution in [1.82, 2.24) is 4.90 Å². The van der Waals surface area contributed by atoms with Crippen molar-refractivity contribution in [2.24, 2.45) is 0 Å². The lowest BCUT2D eigenvalue weighted by Crippen LogP contribution is -2.44. The predicted molar refractivity (Wildman–Crippen MR) is 103 cm³/mol.